The van der Waals surface area contributed by atoms with Crippen LogP contribution in [0.2, 0.25) is 0 Å². The number of hydrogen-bond donors (Lipinski definition) is 2. The van der Waals surface area contributed by atoms with Crippen molar-refractivity contribution in [1.82, 2.24) is 0 Å². The summed E-state index contributed by atoms with van der Waals surface area (Å²) in [7, 11) is 1.31. The molecule has 2 aromatic rings. The van der Waals surface area contributed by atoms with Crippen molar-refractivity contribution in [3.8, 4) is 0 Å². The molecule has 1 aliphatic carbocycles. The van der Waals surface area contributed by atoms with E-state index in [0.717, 1.165) is 18.4 Å². The van der Waals surface area contributed by atoms with Crippen LogP contribution in [-0.4, -0.2) is 24.9 Å². The number of benzene rings is 1. The van der Waals surface area contributed by atoms with E-state index < -0.39 is 5.97 Å². The Kier molecular flexibility index (Phi) is 4.85. The van der Waals surface area contributed by atoms with Crippen LogP contribution in [0.25, 0.3) is 0 Å². The van der Waals surface area contributed by atoms with Gasteiger partial charge in [0.1, 0.15) is 0 Å². The summed E-state index contributed by atoms with van der Waals surface area (Å²) in [5, 5.41) is 6.29. The zero-order valence-corrected chi connectivity index (χ0v) is 14.7. The first-order valence-corrected chi connectivity index (χ1v) is 8.70. The largest absolute Gasteiger partial charge is 0.465 e. The average molecular weight is 358 g/mol. The number of esters is 1. The summed E-state index contributed by atoms with van der Waals surface area (Å²) in [6.07, 6.45) is 1.86. The standard InChI is InChI=1S/C18H18N2O4S/c1-10-8-14(20-16(21)11-6-7-11)25-15(10)17(22)19-13-5-3-4-12(9-13)18(23)24-2/h3-5,8-9,11H,6-7H2,1-2H3,(H,19,22)(H,20,21). The fourth-order valence-electron chi connectivity index (χ4n) is 2.37. The normalized spacial score (nSPS) is 13.2. The molecule has 0 aliphatic heterocycles. The van der Waals surface area contributed by atoms with Crippen molar-refractivity contribution >= 4 is 39.8 Å². The Labute approximate surface area is 149 Å². The highest BCUT2D eigenvalue weighted by Crippen LogP contribution is 2.33. The summed E-state index contributed by atoms with van der Waals surface area (Å²) in [6, 6.07) is 8.34. The van der Waals surface area contributed by atoms with E-state index in [1.54, 1.807) is 30.3 Å². The minimum atomic E-state index is -0.464. The average Bonchev–Trinajstić information content (AvgIpc) is 3.38. The monoisotopic (exact) mass is 358 g/mol. The number of anilines is 2. The van der Waals surface area contributed by atoms with Gasteiger partial charge < -0.3 is 15.4 Å². The number of hydrogen-bond acceptors (Lipinski definition) is 5. The fourth-order valence-corrected chi connectivity index (χ4v) is 3.34. The second-order valence-corrected chi connectivity index (χ2v) is 6.97. The molecular formula is C18H18N2O4S. The first kappa shape index (κ1) is 17.2. The van der Waals surface area contributed by atoms with Crippen molar-refractivity contribution in [3.05, 3.63) is 46.3 Å². The minimum absolute atomic E-state index is 0.0130. The quantitative estimate of drug-likeness (QED) is 0.802. The van der Waals surface area contributed by atoms with E-state index in [1.165, 1.54) is 18.4 Å². The van der Waals surface area contributed by atoms with Crippen LogP contribution in [0.4, 0.5) is 10.7 Å². The number of amides is 2. The molecule has 2 amide bonds. The zero-order chi connectivity index (χ0) is 18.0. The molecule has 0 atom stereocenters. The second-order valence-electron chi connectivity index (χ2n) is 5.91. The predicted octanol–water partition coefficient (Wildman–Crippen LogP) is 3.44. The van der Waals surface area contributed by atoms with Crippen molar-refractivity contribution in [2.75, 3.05) is 17.7 Å². The summed E-state index contributed by atoms with van der Waals surface area (Å²) in [5.41, 5.74) is 1.66. The molecular weight excluding hydrogens is 340 g/mol. The maximum absolute atomic E-state index is 12.5. The lowest BCUT2D eigenvalue weighted by atomic mass is 10.2. The first-order valence-electron chi connectivity index (χ1n) is 7.89. The van der Waals surface area contributed by atoms with E-state index in [0.29, 0.717) is 21.1 Å². The van der Waals surface area contributed by atoms with Gasteiger partial charge >= 0.3 is 5.97 Å². The summed E-state index contributed by atoms with van der Waals surface area (Å²) in [6.45, 7) is 1.82. The highest BCUT2D eigenvalue weighted by molar-refractivity contribution is 7.18. The first-order chi connectivity index (χ1) is 12.0. The molecule has 3 rings (SSSR count). The van der Waals surface area contributed by atoms with Crippen LogP contribution in [0.15, 0.2) is 30.3 Å². The number of carbonyl (C=O) groups is 3. The van der Waals surface area contributed by atoms with Gasteiger partial charge in [-0.05, 0) is 49.6 Å². The molecule has 0 radical (unpaired) electrons. The van der Waals surface area contributed by atoms with Crippen molar-refractivity contribution in [1.29, 1.82) is 0 Å². The smallest absolute Gasteiger partial charge is 0.337 e. The lowest BCUT2D eigenvalue weighted by Crippen LogP contribution is -2.12. The summed E-state index contributed by atoms with van der Waals surface area (Å²) in [5.74, 6) is -0.621. The number of carbonyl (C=O) groups excluding carboxylic acids is 3. The number of thiophene rings is 1. The molecule has 0 saturated heterocycles. The Morgan fingerprint density at radius 3 is 2.60 bits per heavy atom. The van der Waals surface area contributed by atoms with Crippen LogP contribution < -0.4 is 10.6 Å². The number of aryl methyl sites for hydroxylation is 1. The van der Waals surface area contributed by atoms with E-state index >= 15 is 0 Å². The third-order valence-electron chi connectivity index (χ3n) is 3.86. The van der Waals surface area contributed by atoms with Crippen LogP contribution in [0.1, 0.15) is 38.4 Å². The topological polar surface area (TPSA) is 84.5 Å². The molecule has 25 heavy (non-hydrogen) atoms. The van der Waals surface area contributed by atoms with E-state index in [2.05, 4.69) is 15.4 Å². The van der Waals surface area contributed by atoms with Gasteiger partial charge in [-0.15, -0.1) is 11.3 Å². The van der Waals surface area contributed by atoms with Gasteiger partial charge in [0.05, 0.1) is 22.6 Å². The molecule has 1 aromatic heterocycles. The fraction of sp³-hybridized carbons (Fsp3) is 0.278. The SMILES string of the molecule is COC(=O)c1cccc(NC(=O)c2sc(NC(=O)C3CC3)cc2C)c1. The molecule has 130 valence electrons. The second kappa shape index (κ2) is 7.06. The molecule has 1 heterocycles. The van der Waals surface area contributed by atoms with Crippen LogP contribution in [0.5, 0.6) is 0 Å². The lowest BCUT2D eigenvalue weighted by Gasteiger charge is -2.06. The Hall–Kier alpha value is -2.67. The number of rotatable bonds is 5. The molecule has 1 aliphatic rings. The maximum atomic E-state index is 12.5. The molecule has 1 fully saturated rings. The van der Waals surface area contributed by atoms with E-state index in [-0.39, 0.29) is 17.7 Å². The van der Waals surface area contributed by atoms with E-state index in [1.807, 2.05) is 6.92 Å². The summed E-state index contributed by atoms with van der Waals surface area (Å²) < 4.78 is 4.67. The van der Waals surface area contributed by atoms with Crippen molar-refractivity contribution in [3.63, 3.8) is 0 Å². The van der Waals surface area contributed by atoms with Crippen molar-refractivity contribution in [2.45, 2.75) is 19.8 Å². The van der Waals surface area contributed by atoms with Crippen LogP contribution in [0, 0.1) is 12.8 Å². The Bertz CT molecular complexity index is 839. The van der Waals surface area contributed by atoms with Crippen molar-refractivity contribution in [2.24, 2.45) is 5.92 Å². The van der Waals surface area contributed by atoms with Gasteiger partial charge in [-0.25, -0.2) is 4.79 Å². The Morgan fingerprint density at radius 1 is 1.16 bits per heavy atom. The Balaban J connectivity index is 1.71. The number of ether oxygens (including phenoxy) is 1. The third-order valence-corrected chi connectivity index (χ3v) is 5.01. The van der Waals surface area contributed by atoms with Crippen molar-refractivity contribution < 1.29 is 19.1 Å². The predicted molar refractivity (Wildman–Crippen MR) is 96.1 cm³/mol. The zero-order valence-electron chi connectivity index (χ0n) is 13.9. The van der Waals surface area contributed by atoms with Gasteiger partial charge in [-0.3, -0.25) is 9.59 Å². The number of methoxy groups -OCH3 is 1. The highest BCUT2D eigenvalue weighted by Gasteiger charge is 2.30. The lowest BCUT2D eigenvalue weighted by molar-refractivity contribution is -0.117. The van der Waals surface area contributed by atoms with Gasteiger partial charge in [0, 0.05) is 11.6 Å². The molecule has 7 heteroatoms. The van der Waals surface area contributed by atoms with Crippen LogP contribution >= 0.6 is 11.3 Å². The van der Waals surface area contributed by atoms with Gasteiger partial charge in [0.15, 0.2) is 0 Å². The van der Waals surface area contributed by atoms with E-state index in [4.69, 9.17) is 0 Å². The molecule has 0 spiro atoms. The van der Waals surface area contributed by atoms with Crippen LogP contribution in [-0.2, 0) is 9.53 Å². The number of nitrogens with one attached hydrogen (secondary N) is 2. The minimum Gasteiger partial charge on any atom is -0.465 e. The van der Waals surface area contributed by atoms with Crippen LogP contribution in [0.3, 0.4) is 0 Å². The molecule has 1 saturated carbocycles. The molecule has 0 bridgehead atoms. The van der Waals surface area contributed by atoms with E-state index in [9.17, 15) is 14.4 Å². The maximum Gasteiger partial charge on any atom is 0.337 e. The third kappa shape index (κ3) is 4.06. The molecule has 0 unspecified atom stereocenters. The summed E-state index contributed by atoms with van der Waals surface area (Å²) >= 11 is 1.24. The van der Waals surface area contributed by atoms with Gasteiger partial charge in [-0.2, -0.15) is 0 Å². The summed E-state index contributed by atoms with van der Waals surface area (Å²) in [4.78, 5) is 36.4. The van der Waals surface area contributed by atoms with Gasteiger partial charge in [0.2, 0.25) is 5.91 Å². The Morgan fingerprint density at radius 2 is 1.92 bits per heavy atom. The molecule has 1 aromatic carbocycles. The van der Waals surface area contributed by atoms with Gasteiger partial charge in [-0.1, -0.05) is 6.07 Å². The van der Waals surface area contributed by atoms with Gasteiger partial charge in [0.25, 0.3) is 5.91 Å². The highest BCUT2D eigenvalue weighted by atomic mass is 32.1. The molecule has 6 nitrogen and oxygen atoms in total. The molecule has 2 N–H and O–H groups in total.